The standard InChI is InChI=1S/C18H21N5O2S/c24-16(10-23-17(25)14-4-2-1-3-13(14)9-19-23)21-22-18(26)20-15-8-11-5-6-12(15)7-11/h1-4,9,11-12,15H,5-8,10H2,(H,21,24)(H2,20,22,26)/t11-,12-,15+/m1/s1. The molecule has 4 rings (SSSR count). The van der Waals surface area contributed by atoms with Gasteiger partial charge in [-0.15, -0.1) is 0 Å². The van der Waals surface area contributed by atoms with E-state index in [1.54, 1.807) is 18.3 Å². The molecule has 3 atom stereocenters. The molecular weight excluding hydrogens is 350 g/mol. The molecule has 0 radical (unpaired) electrons. The van der Waals surface area contributed by atoms with Gasteiger partial charge in [0.15, 0.2) is 5.11 Å². The van der Waals surface area contributed by atoms with Crippen LogP contribution in [0.25, 0.3) is 10.8 Å². The van der Waals surface area contributed by atoms with Crippen molar-refractivity contribution < 1.29 is 4.79 Å². The lowest BCUT2D eigenvalue weighted by Gasteiger charge is -2.24. The SMILES string of the molecule is O=C(Cn1ncc2ccccc2c1=O)NNC(=S)N[C@H]1C[C@@H]2CC[C@@H]1C2. The fraction of sp³-hybridized carbons (Fsp3) is 0.444. The van der Waals surface area contributed by atoms with E-state index in [2.05, 4.69) is 21.3 Å². The van der Waals surface area contributed by atoms with Gasteiger partial charge in [0.1, 0.15) is 6.54 Å². The van der Waals surface area contributed by atoms with Crippen molar-refractivity contribution in [2.24, 2.45) is 11.8 Å². The Kier molecular flexibility index (Phi) is 4.58. The molecule has 8 heteroatoms. The molecule has 1 aromatic carbocycles. The molecule has 2 fully saturated rings. The lowest BCUT2D eigenvalue weighted by molar-refractivity contribution is -0.122. The largest absolute Gasteiger partial charge is 0.358 e. The monoisotopic (exact) mass is 371 g/mol. The highest BCUT2D eigenvalue weighted by atomic mass is 32.1. The highest BCUT2D eigenvalue weighted by Gasteiger charge is 2.39. The Morgan fingerprint density at radius 2 is 2.08 bits per heavy atom. The smallest absolute Gasteiger partial charge is 0.275 e. The number of aromatic nitrogens is 2. The molecule has 0 unspecified atom stereocenters. The van der Waals surface area contributed by atoms with E-state index in [-0.39, 0.29) is 18.0 Å². The average Bonchev–Trinajstić information content (AvgIpc) is 3.26. The van der Waals surface area contributed by atoms with Gasteiger partial charge in [-0.25, -0.2) is 4.68 Å². The van der Waals surface area contributed by atoms with Gasteiger partial charge >= 0.3 is 0 Å². The van der Waals surface area contributed by atoms with Crippen molar-refractivity contribution in [1.82, 2.24) is 25.9 Å². The Bertz CT molecular complexity index is 912. The van der Waals surface area contributed by atoms with Gasteiger partial charge in [0.25, 0.3) is 11.5 Å². The Hall–Kier alpha value is -2.48. The van der Waals surface area contributed by atoms with Crippen LogP contribution in [0.5, 0.6) is 0 Å². The molecule has 0 aliphatic heterocycles. The third-order valence-electron chi connectivity index (χ3n) is 5.43. The molecule has 7 nitrogen and oxygen atoms in total. The summed E-state index contributed by atoms with van der Waals surface area (Å²) in [7, 11) is 0. The van der Waals surface area contributed by atoms with E-state index in [1.807, 2.05) is 12.1 Å². The number of carbonyl (C=O) groups excluding carboxylic acids is 1. The van der Waals surface area contributed by atoms with Gasteiger partial charge in [0, 0.05) is 11.4 Å². The summed E-state index contributed by atoms with van der Waals surface area (Å²) < 4.78 is 1.14. The number of thiocarbonyl (C=S) groups is 1. The summed E-state index contributed by atoms with van der Waals surface area (Å²) in [5.41, 5.74) is 4.96. The maximum Gasteiger partial charge on any atom is 0.275 e. The molecule has 0 spiro atoms. The molecule has 2 aliphatic carbocycles. The predicted molar refractivity (Wildman–Crippen MR) is 102 cm³/mol. The summed E-state index contributed by atoms with van der Waals surface area (Å²) in [4.78, 5) is 24.5. The summed E-state index contributed by atoms with van der Waals surface area (Å²) in [6.07, 6.45) is 6.60. The van der Waals surface area contributed by atoms with Gasteiger partial charge in [-0.1, -0.05) is 24.6 Å². The number of hydrogen-bond acceptors (Lipinski definition) is 4. The first kappa shape index (κ1) is 17.0. The Balaban J connectivity index is 1.31. The first-order valence-corrected chi connectivity index (χ1v) is 9.31. The van der Waals surface area contributed by atoms with Crippen LogP contribution in [0.2, 0.25) is 0 Å². The number of carbonyl (C=O) groups is 1. The highest BCUT2D eigenvalue weighted by molar-refractivity contribution is 7.80. The summed E-state index contributed by atoms with van der Waals surface area (Å²) >= 11 is 5.26. The maximum absolute atomic E-state index is 12.4. The van der Waals surface area contributed by atoms with E-state index in [9.17, 15) is 9.59 Å². The quantitative estimate of drug-likeness (QED) is 0.553. The van der Waals surface area contributed by atoms with Crippen LogP contribution < -0.4 is 21.7 Å². The van der Waals surface area contributed by atoms with E-state index < -0.39 is 0 Å². The fourth-order valence-corrected chi connectivity index (χ4v) is 4.37. The van der Waals surface area contributed by atoms with Crippen molar-refractivity contribution in [3.05, 3.63) is 40.8 Å². The fourth-order valence-electron chi connectivity index (χ4n) is 4.17. The van der Waals surface area contributed by atoms with Crippen LogP contribution in [0.4, 0.5) is 0 Å². The first-order chi connectivity index (χ1) is 12.6. The summed E-state index contributed by atoms with van der Waals surface area (Å²) in [5, 5.41) is 9.04. The van der Waals surface area contributed by atoms with Crippen molar-refractivity contribution in [1.29, 1.82) is 0 Å². The lowest BCUT2D eigenvalue weighted by atomic mass is 9.96. The van der Waals surface area contributed by atoms with Gasteiger partial charge in [0.2, 0.25) is 0 Å². The molecule has 0 saturated heterocycles. The molecule has 3 N–H and O–H groups in total. The minimum Gasteiger partial charge on any atom is -0.358 e. The maximum atomic E-state index is 12.4. The molecule has 2 bridgehead atoms. The van der Waals surface area contributed by atoms with Crippen molar-refractivity contribution in [3.63, 3.8) is 0 Å². The van der Waals surface area contributed by atoms with Gasteiger partial charge in [-0.3, -0.25) is 20.4 Å². The van der Waals surface area contributed by atoms with E-state index in [1.165, 1.54) is 19.3 Å². The van der Waals surface area contributed by atoms with Crippen LogP contribution in [0.3, 0.4) is 0 Å². The van der Waals surface area contributed by atoms with E-state index in [4.69, 9.17) is 12.2 Å². The van der Waals surface area contributed by atoms with Gasteiger partial charge in [-0.05, 0) is 49.4 Å². The Labute approximate surface area is 156 Å². The van der Waals surface area contributed by atoms with Gasteiger partial charge in [0.05, 0.1) is 11.6 Å². The number of rotatable bonds is 3. The second-order valence-electron chi connectivity index (χ2n) is 7.12. The summed E-state index contributed by atoms with van der Waals surface area (Å²) in [6.45, 7) is -0.173. The molecule has 1 aromatic heterocycles. The number of benzene rings is 1. The predicted octanol–water partition coefficient (Wildman–Crippen LogP) is 1.08. The summed E-state index contributed by atoms with van der Waals surface area (Å²) in [6, 6.07) is 7.57. The normalized spacial score (nSPS) is 23.8. The van der Waals surface area contributed by atoms with E-state index >= 15 is 0 Å². The van der Waals surface area contributed by atoms with E-state index in [0.717, 1.165) is 22.4 Å². The highest BCUT2D eigenvalue weighted by Crippen LogP contribution is 2.44. The number of nitrogens with zero attached hydrogens (tertiary/aromatic N) is 2. The first-order valence-electron chi connectivity index (χ1n) is 8.90. The molecule has 1 amide bonds. The molecule has 136 valence electrons. The number of hydrazine groups is 1. The zero-order chi connectivity index (χ0) is 18.1. The number of amides is 1. The topological polar surface area (TPSA) is 88.0 Å². The van der Waals surface area contributed by atoms with Crippen LogP contribution in [-0.4, -0.2) is 26.8 Å². The number of fused-ring (bicyclic) bond motifs is 3. The van der Waals surface area contributed by atoms with Gasteiger partial charge < -0.3 is 5.32 Å². The molecule has 1 heterocycles. The van der Waals surface area contributed by atoms with Crippen LogP contribution in [0.1, 0.15) is 25.7 Å². The minimum absolute atomic E-state index is 0.173. The third-order valence-corrected chi connectivity index (χ3v) is 5.65. The van der Waals surface area contributed by atoms with Gasteiger partial charge in [-0.2, -0.15) is 5.10 Å². The molecular formula is C18H21N5O2S. The Morgan fingerprint density at radius 1 is 1.23 bits per heavy atom. The van der Waals surface area contributed by atoms with Crippen molar-refractivity contribution in [2.45, 2.75) is 38.3 Å². The molecule has 2 saturated carbocycles. The van der Waals surface area contributed by atoms with Crippen LogP contribution >= 0.6 is 12.2 Å². The summed E-state index contributed by atoms with van der Waals surface area (Å²) in [5.74, 6) is 1.13. The lowest BCUT2D eigenvalue weighted by Crippen LogP contribution is -2.51. The van der Waals surface area contributed by atoms with Crippen molar-refractivity contribution >= 4 is 34.0 Å². The second-order valence-corrected chi connectivity index (χ2v) is 7.53. The third kappa shape index (κ3) is 3.41. The molecule has 26 heavy (non-hydrogen) atoms. The van der Waals surface area contributed by atoms with Crippen LogP contribution in [0.15, 0.2) is 35.3 Å². The molecule has 2 aliphatic rings. The number of hydrogen-bond donors (Lipinski definition) is 3. The van der Waals surface area contributed by atoms with Crippen molar-refractivity contribution in [2.75, 3.05) is 0 Å². The average molecular weight is 371 g/mol. The number of nitrogens with one attached hydrogen (secondary N) is 3. The zero-order valence-electron chi connectivity index (χ0n) is 14.3. The van der Waals surface area contributed by atoms with Crippen molar-refractivity contribution in [3.8, 4) is 0 Å². The van der Waals surface area contributed by atoms with E-state index in [0.29, 0.717) is 22.5 Å². The molecule has 2 aromatic rings. The Morgan fingerprint density at radius 3 is 2.85 bits per heavy atom. The minimum atomic E-state index is -0.382. The zero-order valence-corrected chi connectivity index (χ0v) is 15.1. The second kappa shape index (κ2) is 7.03. The van der Waals surface area contributed by atoms with Crippen LogP contribution in [-0.2, 0) is 11.3 Å². The van der Waals surface area contributed by atoms with Crippen LogP contribution in [0, 0.1) is 11.8 Å².